The van der Waals surface area contributed by atoms with Crippen molar-refractivity contribution in [3.63, 3.8) is 0 Å². The molecule has 0 fully saturated rings. The number of carbonyl (C=O) groups is 1. The first kappa shape index (κ1) is 23.9. The number of carboxylic acids is 1. The standard InChI is InChI=1S/C26H31NO4/c1-5-23(30-16-8-6-7-11-25(28)29)19(2)18-20(3)26(27-4)22-14-12-21(13-15-22)24-10-9-17-31-24/h5,9-10,12-15,17H,1,4,6-8,11,16,18H2,2-3H3,(H,28,29)/b23-19-,26-20+. The number of rotatable bonds is 13. The van der Waals surface area contributed by atoms with Crippen molar-refractivity contribution in [2.45, 2.75) is 46.0 Å². The van der Waals surface area contributed by atoms with Crippen LogP contribution >= 0.6 is 0 Å². The summed E-state index contributed by atoms with van der Waals surface area (Å²) in [4.78, 5) is 14.8. The molecule has 1 N–H and O–H groups in total. The van der Waals surface area contributed by atoms with Gasteiger partial charge < -0.3 is 14.3 Å². The monoisotopic (exact) mass is 421 g/mol. The van der Waals surface area contributed by atoms with E-state index in [-0.39, 0.29) is 6.42 Å². The first-order chi connectivity index (χ1) is 15.0. The Balaban J connectivity index is 2.03. The molecule has 0 saturated carbocycles. The molecule has 0 aliphatic heterocycles. The van der Waals surface area contributed by atoms with Gasteiger partial charge in [0, 0.05) is 17.5 Å². The van der Waals surface area contributed by atoms with Crippen molar-refractivity contribution < 1.29 is 19.1 Å². The summed E-state index contributed by atoms with van der Waals surface area (Å²) in [5.74, 6) is 0.831. The van der Waals surface area contributed by atoms with E-state index in [1.807, 2.05) is 50.2 Å². The van der Waals surface area contributed by atoms with Crippen molar-refractivity contribution in [3.05, 3.63) is 77.8 Å². The summed E-state index contributed by atoms with van der Waals surface area (Å²) in [6, 6.07) is 11.9. The molecule has 0 bridgehead atoms. The van der Waals surface area contributed by atoms with Crippen LogP contribution in [0, 0.1) is 0 Å². The highest BCUT2D eigenvalue weighted by molar-refractivity contribution is 5.73. The van der Waals surface area contributed by atoms with Crippen molar-refractivity contribution in [2.24, 2.45) is 4.99 Å². The molecule has 0 amide bonds. The van der Waals surface area contributed by atoms with E-state index in [0.29, 0.717) is 19.4 Å². The Kier molecular flexibility index (Phi) is 9.56. The minimum Gasteiger partial charge on any atom is -0.494 e. The lowest BCUT2D eigenvalue weighted by molar-refractivity contribution is -0.137. The molecule has 1 aromatic carbocycles. The number of carboxylic acid groups (broad SMARTS) is 1. The van der Waals surface area contributed by atoms with Gasteiger partial charge in [0.25, 0.3) is 0 Å². The Morgan fingerprint density at radius 1 is 1.13 bits per heavy atom. The molecule has 0 unspecified atom stereocenters. The Morgan fingerprint density at radius 3 is 2.45 bits per heavy atom. The van der Waals surface area contributed by atoms with E-state index >= 15 is 0 Å². The van der Waals surface area contributed by atoms with Crippen LogP contribution in [0.25, 0.3) is 17.0 Å². The fourth-order valence-corrected chi connectivity index (χ4v) is 3.37. The summed E-state index contributed by atoms with van der Waals surface area (Å²) in [5.41, 5.74) is 5.00. The molecule has 0 spiro atoms. The van der Waals surface area contributed by atoms with Crippen LogP contribution in [0.5, 0.6) is 0 Å². The summed E-state index contributed by atoms with van der Waals surface area (Å²) >= 11 is 0. The SMILES string of the molecule is C=C/C(OCCCCCC(=O)O)=C(\C)C/C(C)=C(/N=C)c1ccc(-c2ccco2)cc1. The van der Waals surface area contributed by atoms with Gasteiger partial charge in [-0.2, -0.15) is 0 Å². The van der Waals surface area contributed by atoms with Gasteiger partial charge in [0.05, 0.1) is 18.6 Å². The Labute approximate surface area is 184 Å². The third-order valence-electron chi connectivity index (χ3n) is 4.96. The molecule has 0 aliphatic rings. The average Bonchev–Trinajstić information content (AvgIpc) is 3.29. The summed E-state index contributed by atoms with van der Waals surface area (Å²) < 4.78 is 11.3. The van der Waals surface area contributed by atoms with Crippen LogP contribution in [0.3, 0.4) is 0 Å². The highest BCUT2D eigenvalue weighted by atomic mass is 16.5. The lowest BCUT2D eigenvalue weighted by atomic mass is 10.00. The van der Waals surface area contributed by atoms with Crippen molar-refractivity contribution in [3.8, 4) is 11.3 Å². The van der Waals surface area contributed by atoms with Gasteiger partial charge in [-0.05, 0) is 75.6 Å². The van der Waals surface area contributed by atoms with E-state index in [4.69, 9.17) is 14.3 Å². The maximum Gasteiger partial charge on any atom is 0.303 e. The summed E-state index contributed by atoms with van der Waals surface area (Å²) in [6.45, 7) is 12.2. The van der Waals surface area contributed by atoms with Crippen LogP contribution in [-0.2, 0) is 9.53 Å². The number of hydrogen-bond donors (Lipinski definition) is 1. The van der Waals surface area contributed by atoms with Gasteiger partial charge in [0.15, 0.2) is 0 Å². The van der Waals surface area contributed by atoms with E-state index in [1.54, 1.807) is 12.3 Å². The maximum absolute atomic E-state index is 10.6. The van der Waals surface area contributed by atoms with Crippen LogP contribution in [0.15, 0.2) is 81.6 Å². The normalized spacial score (nSPS) is 12.6. The number of benzene rings is 1. The molecule has 0 atom stereocenters. The molecule has 31 heavy (non-hydrogen) atoms. The van der Waals surface area contributed by atoms with Crippen molar-refractivity contribution >= 4 is 18.4 Å². The zero-order chi connectivity index (χ0) is 22.6. The fraction of sp³-hybridized carbons (Fsp3) is 0.308. The Morgan fingerprint density at radius 2 is 1.87 bits per heavy atom. The first-order valence-corrected chi connectivity index (χ1v) is 10.4. The molecule has 5 heteroatoms. The minimum absolute atomic E-state index is 0.201. The molecule has 1 aromatic heterocycles. The number of nitrogens with zero attached hydrogens (tertiary/aromatic N) is 1. The number of furan rings is 1. The van der Waals surface area contributed by atoms with E-state index in [0.717, 1.165) is 52.3 Å². The first-order valence-electron chi connectivity index (χ1n) is 10.4. The van der Waals surface area contributed by atoms with Crippen molar-refractivity contribution in [1.29, 1.82) is 0 Å². The zero-order valence-corrected chi connectivity index (χ0v) is 18.4. The molecule has 2 rings (SSSR count). The smallest absolute Gasteiger partial charge is 0.303 e. The van der Waals surface area contributed by atoms with Gasteiger partial charge in [0.2, 0.25) is 0 Å². The Hall–Kier alpha value is -3.34. The van der Waals surface area contributed by atoms with Gasteiger partial charge in [-0.3, -0.25) is 9.79 Å². The molecule has 0 aliphatic carbocycles. The van der Waals surface area contributed by atoms with Crippen molar-refractivity contribution in [1.82, 2.24) is 0 Å². The van der Waals surface area contributed by atoms with Gasteiger partial charge in [-0.15, -0.1) is 0 Å². The highest BCUT2D eigenvalue weighted by Gasteiger charge is 2.09. The summed E-state index contributed by atoms with van der Waals surface area (Å²) in [6.07, 6.45) is 6.58. The van der Waals surface area contributed by atoms with Crippen LogP contribution in [0.2, 0.25) is 0 Å². The van der Waals surface area contributed by atoms with Gasteiger partial charge in [-0.25, -0.2) is 0 Å². The van der Waals surface area contributed by atoms with E-state index in [1.165, 1.54) is 0 Å². The van der Waals surface area contributed by atoms with E-state index in [9.17, 15) is 4.79 Å². The van der Waals surface area contributed by atoms with Crippen molar-refractivity contribution in [2.75, 3.05) is 6.61 Å². The topological polar surface area (TPSA) is 72.0 Å². The quantitative estimate of drug-likeness (QED) is 0.165. The lowest BCUT2D eigenvalue weighted by Gasteiger charge is -2.13. The fourth-order valence-electron chi connectivity index (χ4n) is 3.37. The number of unbranched alkanes of at least 4 members (excludes halogenated alkanes) is 2. The summed E-state index contributed by atoms with van der Waals surface area (Å²) in [7, 11) is 0. The van der Waals surface area contributed by atoms with Crippen LogP contribution < -0.4 is 0 Å². The van der Waals surface area contributed by atoms with E-state index < -0.39 is 5.97 Å². The second-order valence-corrected chi connectivity index (χ2v) is 7.42. The van der Waals surface area contributed by atoms with Gasteiger partial charge in [-0.1, -0.05) is 30.8 Å². The summed E-state index contributed by atoms with van der Waals surface area (Å²) in [5, 5.41) is 8.68. The third kappa shape index (κ3) is 7.45. The van der Waals surface area contributed by atoms with Gasteiger partial charge in [0.1, 0.15) is 11.5 Å². The van der Waals surface area contributed by atoms with E-state index in [2.05, 4.69) is 18.3 Å². The number of ether oxygens (including phenoxy) is 1. The number of allylic oxidation sites excluding steroid dienone is 3. The molecular formula is C26H31NO4. The molecule has 2 aromatic rings. The number of aliphatic carboxylic acids is 1. The molecule has 1 heterocycles. The largest absolute Gasteiger partial charge is 0.494 e. The second-order valence-electron chi connectivity index (χ2n) is 7.42. The Bertz CT molecular complexity index is 934. The molecule has 0 radical (unpaired) electrons. The predicted octanol–water partition coefficient (Wildman–Crippen LogP) is 6.89. The maximum atomic E-state index is 10.6. The predicted molar refractivity (Wildman–Crippen MR) is 126 cm³/mol. The molecule has 5 nitrogen and oxygen atoms in total. The average molecular weight is 422 g/mol. The van der Waals surface area contributed by atoms with Crippen LogP contribution in [-0.4, -0.2) is 24.4 Å². The zero-order valence-electron chi connectivity index (χ0n) is 18.4. The number of hydrogen-bond acceptors (Lipinski definition) is 4. The minimum atomic E-state index is -0.757. The third-order valence-corrected chi connectivity index (χ3v) is 4.96. The highest BCUT2D eigenvalue weighted by Crippen LogP contribution is 2.28. The molecule has 164 valence electrons. The second kappa shape index (κ2) is 12.4. The van der Waals surface area contributed by atoms with Crippen LogP contribution in [0.4, 0.5) is 0 Å². The molecule has 0 saturated heterocycles. The lowest BCUT2D eigenvalue weighted by Crippen LogP contribution is -1.99. The molecular weight excluding hydrogens is 390 g/mol. The van der Waals surface area contributed by atoms with Crippen LogP contribution in [0.1, 0.15) is 51.5 Å². The number of aliphatic imine (C=N–C) groups is 1. The van der Waals surface area contributed by atoms with Gasteiger partial charge >= 0.3 is 5.97 Å².